The smallest absolute Gasteiger partial charge is 0.338 e. The van der Waals surface area contributed by atoms with Gasteiger partial charge in [0, 0.05) is 18.2 Å². The molecule has 0 fully saturated rings. The fourth-order valence-corrected chi connectivity index (χ4v) is 1.03. The van der Waals surface area contributed by atoms with Crippen LogP contribution in [0.4, 0.5) is 0 Å². The average Bonchev–Trinajstić information content (AvgIpc) is 2.35. The lowest BCUT2D eigenvalue weighted by molar-refractivity contribution is -0.152. The van der Waals surface area contributed by atoms with Gasteiger partial charge in [0.1, 0.15) is 0 Å². The monoisotopic (exact) mass is 246 g/mol. The van der Waals surface area contributed by atoms with Gasteiger partial charge in [0.15, 0.2) is 0 Å². The number of aliphatic carboxylic acids is 1. The topological polar surface area (TPSA) is 80.7 Å². The Kier molecular flexibility index (Phi) is 5.05. The molecular weight excluding hydrogens is 236 g/mol. The third-order valence-electron chi connectivity index (χ3n) is 1.77. The fourth-order valence-electron chi connectivity index (χ4n) is 1.03. The molecule has 5 nitrogen and oxygen atoms in total. The predicted octanol–water partition coefficient (Wildman–Crippen LogP) is 1.41. The lowest BCUT2D eigenvalue weighted by Gasteiger charge is -1.94. The van der Waals surface area contributed by atoms with Crippen molar-refractivity contribution in [3.05, 3.63) is 54.1 Å². The van der Waals surface area contributed by atoms with E-state index in [0.29, 0.717) is 12.2 Å². The van der Waals surface area contributed by atoms with E-state index >= 15 is 0 Å². The van der Waals surface area contributed by atoms with Crippen LogP contribution in [0.5, 0.6) is 0 Å². The summed E-state index contributed by atoms with van der Waals surface area (Å²) >= 11 is 0. The highest BCUT2D eigenvalue weighted by Crippen LogP contribution is 2.01. The van der Waals surface area contributed by atoms with Crippen molar-refractivity contribution >= 4 is 24.0 Å². The molecule has 1 N–H and O–H groups in total. The summed E-state index contributed by atoms with van der Waals surface area (Å²) in [5, 5.41) is 8.26. The molecule has 92 valence electrons. The highest BCUT2D eigenvalue weighted by Gasteiger charge is 2.03. The van der Waals surface area contributed by atoms with Crippen LogP contribution >= 0.6 is 0 Å². The SMILES string of the molecule is O=C(O)/C=C\C(=O)OC(=O)/C=C/c1ccccc1. The second-order valence-electron chi connectivity index (χ2n) is 3.16. The van der Waals surface area contributed by atoms with Crippen LogP contribution in [0.3, 0.4) is 0 Å². The first-order chi connectivity index (χ1) is 8.58. The van der Waals surface area contributed by atoms with Gasteiger partial charge in [-0.25, -0.2) is 14.4 Å². The molecule has 5 heteroatoms. The van der Waals surface area contributed by atoms with Crippen molar-refractivity contribution in [3.63, 3.8) is 0 Å². The highest BCUT2D eigenvalue weighted by molar-refractivity contribution is 6.00. The molecule has 0 radical (unpaired) electrons. The maximum absolute atomic E-state index is 11.2. The first-order valence-electron chi connectivity index (χ1n) is 4.98. The van der Waals surface area contributed by atoms with Crippen LogP contribution in [0.2, 0.25) is 0 Å². The molecule has 0 aliphatic heterocycles. The molecule has 1 aromatic carbocycles. The number of carboxylic acids is 1. The van der Waals surface area contributed by atoms with Gasteiger partial charge in [-0.2, -0.15) is 0 Å². The standard InChI is InChI=1S/C13H10O5/c14-11(15)7-9-13(17)18-12(16)8-6-10-4-2-1-3-5-10/h1-9H,(H,14,15)/b8-6+,9-7-. The summed E-state index contributed by atoms with van der Waals surface area (Å²) in [6, 6.07) is 8.97. The zero-order valence-electron chi connectivity index (χ0n) is 9.28. The van der Waals surface area contributed by atoms with Gasteiger partial charge in [-0.3, -0.25) is 0 Å². The Morgan fingerprint density at radius 3 is 2.17 bits per heavy atom. The second kappa shape index (κ2) is 6.80. The molecule has 0 saturated carbocycles. The molecule has 0 spiro atoms. The van der Waals surface area contributed by atoms with E-state index in [1.54, 1.807) is 24.3 Å². The van der Waals surface area contributed by atoms with Crippen molar-refractivity contribution in [2.75, 3.05) is 0 Å². The fraction of sp³-hybridized carbons (Fsp3) is 0. The maximum atomic E-state index is 11.2. The van der Waals surface area contributed by atoms with Crippen LogP contribution in [-0.2, 0) is 19.1 Å². The Labute approximate surface area is 103 Å². The molecule has 1 aromatic rings. The molecule has 0 aromatic heterocycles. The summed E-state index contributed by atoms with van der Waals surface area (Å²) in [5.41, 5.74) is 0.781. The maximum Gasteiger partial charge on any atom is 0.338 e. The highest BCUT2D eigenvalue weighted by atomic mass is 16.6. The van der Waals surface area contributed by atoms with Crippen molar-refractivity contribution in [1.29, 1.82) is 0 Å². The number of carboxylic acid groups (broad SMARTS) is 1. The number of carbonyl (C=O) groups excluding carboxylic acids is 2. The number of hydrogen-bond acceptors (Lipinski definition) is 4. The first kappa shape index (κ1) is 13.4. The van der Waals surface area contributed by atoms with Gasteiger partial charge < -0.3 is 9.84 Å². The van der Waals surface area contributed by atoms with Crippen LogP contribution < -0.4 is 0 Å². The van der Waals surface area contributed by atoms with Gasteiger partial charge in [0.05, 0.1) is 0 Å². The molecule has 0 atom stereocenters. The van der Waals surface area contributed by atoms with E-state index in [2.05, 4.69) is 4.74 Å². The zero-order valence-corrected chi connectivity index (χ0v) is 9.28. The Balaban J connectivity index is 2.50. The van der Waals surface area contributed by atoms with Crippen LogP contribution in [0.1, 0.15) is 5.56 Å². The lowest BCUT2D eigenvalue weighted by atomic mass is 10.2. The summed E-state index contributed by atoms with van der Waals surface area (Å²) in [6.07, 6.45) is 3.82. The molecule has 1 rings (SSSR count). The van der Waals surface area contributed by atoms with Gasteiger partial charge in [0.25, 0.3) is 0 Å². The quantitative estimate of drug-likeness (QED) is 0.493. The third kappa shape index (κ3) is 5.41. The van der Waals surface area contributed by atoms with Crippen LogP contribution in [0.15, 0.2) is 48.6 Å². The Morgan fingerprint density at radius 2 is 1.56 bits per heavy atom. The predicted molar refractivity (Wildman–Crippen MR) is 63.4 cm³/mol. The molecule has 0 aliphatic rings. The van der Waals surface area contributed by atoms with Gasteiger partial charge in [-0.05, 0) is 11.6 Å². The Morgan fingerprint density at radius 1 is 0.944 bits per heavy atom. The van der Waals surface area contributed by atoms with E-state index in [1.807, 2.05) is 6.07 Å². The number of hydrogen-bond donors (Lipinski definition) is 1. The number of esters is 2. The molecule has 0 saturated heterocycles. The number of benzene rings is 1. The Hall–Kier alpha value is -2.69. The van der Waals surface area contributed by atoms with Crippen molar-refractivity contribution in [2.45, 2.75) is 0 Å². The molecule has 0 aliphatic carbocycles. The van der Waals surface area contributed by atoms with E-state index in [4.69, 9.17) is 5.11 Å². The summed E-state index contributed by atoms with van der Waals surface area (Å²) in [7, 11) is 0. The zero-order chi connectivity index (χ0) is 13.4. The van der Waals surface area contributed by atoms with E-state index < -0.39 is 17.9 Å². The van der Waals surface area contributed by atoms with Crippen molar-refractivity contribution in [3.8, 4) is 0 Å². The van der Waals surface area contributed by atoms with E-state index in [9.17, 15) is 14.4 Å². The van der Waals surface area contributed by atoms with Crippen molar-refractivity contribution in [1.82, 2.24) is 0 Å². The summed E-state index contributed by atoms with van der Waals surface area (Å²) < 4.78 is 4.31. The second-order valence-corrected chi connectivity index (χ2v) is 3.16. The summed E-state index contributed by atoms with van der Waals surface area (Å²) in [4.78, 5) is 32.2. The lowest BCUT2D eigenvalue weighted by Crippen LogP contribution is -2.07. The number of carbonyl (C=O) groups is 3. The molecule has 0 heterocycles. The first-order valence-corrected chi connectivity index (χ1v) is 4.98. The minimum absolute atomic E-state index is 0.594. The Bertz CT molecular complexity index is 499. The minimum atomic E-state index is -1.29. The number of rotatable bonds is 4. The largest absolute Gasteiger partial charge is 0.478 e. The van der Waals surface area contributed by atoms with E-state index in [-0.39, 0.29) is 0 Å². The third-order valence-corrected chi connectivity index (χ3v) is 1.77. The molecular formula is C13H10O5. The van der Waals surface area contributed by atoms with E-state index in [0.717, 1.165) is 11.6 Å². The van der Waals surface area contributed by atoms with Crippen molar-refractivity contribution < 1.29 is 24.2 Å². The summed E-state index contributed by atoms with van der Waals surface area (Å²) in [5.74, 6) is -3.18. The van der Waals surface area contributed by atoms with Crippen LogP contribution in [0, 0.1) is 0 Å². The average molecular weight is 246 g/mol. The van der Waals surface area contributed by atoms with Gasteiger partial charge in [-0.15, -0.1) is 0 Å². The molecule has 0 amide bonds. The van der Waals surface area contributed by atoms with Gasteiger partial charge in [0.2, 0.25) is 0 Å². The van der Waals surface area contributed by atoms with Gasteiger partial charge in [-0.1, -0.05) is 30.3 Å². The minimum Gasteiger partial charge on any atom is -0.478 e. The summed E-state index contributed by atoms with van der Waals surface area (Å²) in [6.45, 7) is 0. The normalized spacial score (nSPS) is 10.7. The van der Waals surface area contributed by atoms with Crippen LogP contribution in [-0.4, -0.2) is 23.0 Å². The molecule has 0 unspecified atom stereocenters. The van der Waals surface area contributed by atoms with Crippen molar-refractivity contribution in [2.24, 2.45) is 0 Å². The molecule has 18 heavy (non-hydrogen) atoms. The van der Waals surface area contributed by atoms with Crippen LogP contribution in [0.25, 0.3) is 6.08 Å². The van der Waals surface area contributed by atoms with Gasteiger partial charge >= 0.3 is 17.9 Å². The number of ether oxygens (including phenoxy) is 1. The van der Waals surface area contributed by atoms with E-state index in [1.165, 1.54) is 6.08 Å². The molecule has 0 bridgehead atoms.